The maximum atomic E-state index is 6.14. The highest BCUT2D eigenvalue weighted by Crippen LogP contribution is 2.35. The van der Waals surface area contributed by atoms with Crippen molar-refractivity contribution in [3.05, 3.63) is 59.8 Å². The zero-order valence-electron chi connectivity index (χ0n) is 14.9. The summed E-state index contributed by atoms with van der Waals surface area (Å²) in [5, 5.41) is 1.21. The molecule has 0 spiro atoms. The molecule has 0 aliphatic rings. The van der Waals surface area contributed by atoms with Crippen molar-refractivity contribution < 1.29 is 9.47 Å². The number of para-hydroxylation sites is 1. The summed E-state index contributed by atoms with van der Waals surface area (Å²) in [7, 11) is 0. The number of nitrogens with one attached hydrogen (secondary N) is 1. The zero-order valence-corrected chi connectivity index (χ0v) is 14.9. The number of aromatic amines is 1. The molecular weight excluding hydrogens is 312 g/mol. The lowest BCUT2D eigenvalue weighted by atomic mass is 9.91. The quantitative estimate of drug-likeness (QED) is 0.638. The van der Waals surface area contributed by atoms with Crippen LogP contribution in [0.2, 0.25) is 0 Å². The molecule has 0 aliphatic heterocycles. The lowest BCUT2D eigenvalue weighted by Gasteiger charge is -2.18. The van der Waals surface area contributed by atoms with Crippen LogP contribution in [0.5, 0.6) is 11.5 Å². The molecule has 1 aromatic heterocycles. The average Bonchev–Trinajstić information content (AvgIpc) is 3.06. The Morgan fingerprint density at radius 3 is 2.64 bits per heavy atom. The first-order valence-corrected chi connectivity index (χ1v) is 8.94. The van der Waals surface area contributed by atoms with Crippen molar-refractivity contribution in [2.45, 2.75) is 26.2 Å². The standard InChI is InChI=1S/C21H26N2O2/c1-3-11-25-20-10-9-15(12-21(20)24-4-2)17(13-22)18-14-23-19-8-6-5-7-16(18)19/h5-10,12,14,17,23H,3-4,11,13,22H2,1-2H3/t17-/m0/s1. The fourth-order valence-electron chi connectivity index (χ4n) is 3.17. The molecule has 1 atom stereocenters. The van der Waals surface area contributed by atoms with E-state index < -0.39 is 0 Å². The Bertz CT molecular complexity index is 826. The molecule has 0 bridgehead atoms. The van der Waals surface area contributed by atoms with Crippen molar-refractivity contribution in [2.24, 2.45) is 5.73 Å². The van der Waals surface area contributed by atoms with E-state index in [1.54, 1.807) is 0 Å². The summed E-state index contributed by atoms with van der Waals surface area (Å²) in [6.07, 6.45) is 3.03. The van der Waals surface area contributed by atoms with Gasteiger partial charge in [-0.1, -0.05) is 31.2 Å². The third-order valence-electron chi connectivity index (χ3n) is 4.36. The van der Waals surface area contributed by atoms with Crippen LogP contribution in [0.3, 0.4) is 0 Å². The van der Waals surface area contributed by atoms with Gasteiger partial charge in [0.2, 0.25) is 0 Å². The SMILES string of the molecule is CCCOc1ccc([C@H](CN)c2c[nH]c3ccccc23)cc1OCC. The first-order chi connectivity index (χ1) is 12.3. The fraction of sp³-hybridized carbons (Fsp3) is 0.333. The van der Waals surface area contributed by atoms with Crippen molar-refractivity contribution in [2.75, 3.05) is 19.8 Å². The van der Waals surface area contributed by atoms with Crippen LogP contribution in [-0.4, -0.2) is 24.7 Å². The van der Waals surface area contributed by atoms with Gasteiger partial charge in [-0.05, 0) is 42.7 Å². The second-order valence-electron chi connectivity index (χ2n) is 6.07. The highest BCUT2D eigenvalue weighted by Gasteiger charge is 2.18. The molecule has 0 unspecified atom stereocenters. The molecule has 132 valence electrons. The molecule has 0 aliphatic carbocycles. The normalized spacial score (nSPS) is 12.3. The van der Waals surface area contributed by atoms with Crippen LogP contribution >= 0.6 is 0 Å². The number of hydrogen-bond donors (Lipinski definition) is 2. The summed E-state index contributed by atoms with van der Waals surface area (Å²) in [6, 6.07) is 14.5. The molecule has 3 N–H and O–H groups in total. The van der Waals surface area contributed by atoms with Crippen LogP contribution in [-0.2, 0) is 0 Å². The van der Waals surface area contributed by atoms with Crippen LogP contribution in [0.25, 0.3) is 10.9 Å². The molecule has 3 aromatic rings. The predicted octanol–water partition coefficient (Wildman–Crippen LogP) is 4.45. The number of aromatic nitrogens is 1. The van der Waals surface area contributed by atoms with Gasteiger partial charge in [-0.3, -0.25) is 0 Å². The minimum atomic E-state index is 0.107. The summed E-state index contributed by atoms with van der Waals surface area (Å²) < 4.78 is 11.6. The molecule has 4 heteroatoms. The van der Waals surface area contributed by atoms with Gasteiger partial charge in [0.25, 0.3) is 0 Å². The van der Waals surface area contributed by atoms with Crippen molar-refractivity contribution >= 4 is 10.9 Å². The molecule has 0 fully saturated rings. The number of hydrogen-bond acceptors (Lipinski definition) is 3. The zero-order chi connectivity index (χ0) is 17.6. The van der Waals surface area contributed by atoms with E-state index in [4.69, 9.17) is 15.2 Å². The highest BCUT2D eigenvalue weighted by atomic mass is 16.5. The van der Waals surface area contributed by atoms with Crippen LogP contribution in [0.1, 0.15) is 37.3 Å². The van der Waals surface area contributed by atoms with Crippen molar-refractivity contribution in [3.63, 3.8) is 0 Å². The van der Waals surface area contributed by atoms with Gasteiger partial charge in [0.15, 0.2) is 11.5 Å². The molecule has 4 nitrogen and oxygen atoms in total. The summed E-state index contributed by atoms with van der Waals surface area (Å²) in [5.74, 6) is 1.68. The minimum absolute atomic E-state index is 0.107. The maximum Gasteiger partial charge on any atom is 0.161 e. The van der Waals surface area contributed by atoms with E-state index in [9.17, 15) is 0 Å². The third kappa shape index (κ3) is 3.64. The largest absolute Gasteiger partial charge is 0.490 e. The van der Waals surface area contributed by atoms with Gasteiger partial charge >= 0.3 is 0 Å². The predicted molar refractivity (Wildman–Crippen MR) is 103 cm³/mol. The molecular formula is C21H26N2O2. The van der Waals surface area contributed by atoms with Gasteiger partial charge < -0.3 is 20.2 Å². The third-order valence-corrected chi connectivity index (χ3v) is 4.36. The topological polar surface area (TPSA) is 60.3 Å². The Balaban J connectivity index is 1.99. The molecule has 3 rings (SSSR count). The van der Waals surface area contributed by atoms with Crippen molar-refractivity contribution in [1.82, 2.24) is 4.98 Å². The molecule has 0 radical (unpaired) electrons. The van der Waals surface area contributed by atoms with Gasteiger partial charge in [-0.2, -0.15) is 0 Å². The van der Waals surface area contributed by atoms with Gasteiger partial charge in [0.05, 0.1) is 13.2 Å². The Labute approximate surface area is 149 Å². The summed E-state index contributed by atoms with van der Waals surface area (Å²) in [5.41, 5.74) is 9.62. The highest BCUT2D eigenvalue weighted by molar-refractivity contribution is 5.84. The van der Waals surface area contributed by atoms with E-state index in [1.807, 2.05) is 19.1 Å². The summed E-state index contributed by atoms with van der Waals surface area (Å²) in [4.78, 5) is 3.34. The van der Waals surface area contributed by atoms with Crippen LogP contribution in [0.15, 0.2) is 48.7 Å². The Morgan fingerprint density at radius 2 is 1.88 bits per heavy atom. The lowest BCUT2D eigenvalue weighted by Crippen LogP contribution is -2.14. The number of nitrogens with two attached hydrogens (primary N) is 1. The van der Waals surface area contributed by atoms with E-state index in [-0.39, 0.29) is 5.92 Å². The Hall–Kier alpha value is -2.46. The average molecular weight is 338 g/mol. The fourth-order valence-corrected chi connectivity index (χ4v) is 3.17. The molecule has 25 heavy (non-hydrogen) atoms. The smallest absolute Gasteiger partial charge is 0.161 e. The van der Waals surface area contributed by atoms with Gasteiger partial charge in [0, 0.05) is 29.6 Å². The molecule has 0 saturated heterocycles. The summed E-state index contributed by atoms with van der Waals surface area (Å²) >= 11 is 0. The number of benzene rings is 2. The summed E-state index contributed by atoms with van der Waals surface area (Å²) in [6.45, 7) is 5.89. The number of ether oxygens (including phenoxy) is 2. The Kier molecular flexibility index (Phi) is 5.61. The number of H-pyrrole nitrogens is 1. The number of rotatable bonds is 8. The lowest BCUT2D eigenvalue weighted by molar-refractivity contribution is 0.276. The van der Waals surface area contributed by atoms with Crippen molar-refractivity contribution in [3.8, 4) is 11.5 Å². The van der Waals surface area contributed by atoms with Crippen molar-refractivity contribution in [1.29, 1.82) is 0 Å². The second kappa shape index (κ2) is 8.08. The minimum Gasteiger partial charge on any atom is -0.490 e. The van der Waals surface area contributed by atoms with E-state index in [0.29, 0.717) is 19.8 Å². The first kappa shape index (κ1) is 17.4. The molecule has 2 aromatic carbocycles. The van der Waals surface area contributed by atoms with Gasteiger partial charge in [0.1, 0.15) is 0 Å². The van der Waals surface area contributed by atoms with Gasteiger partial charge in [-0.25, -0.2) is 0 Å². The van der Waals surface area contributed by atoms with Gasteiger partial charge in [-0.15, -0.1) is 0 Å². The van der Waals surface area contributed by atoms with E-state index in [2.05, 4.69) is 48.4 Å². The molecule has 0 saturated carbocycles. The Morgan fingerprint density at radius 1 is 1.04 bits per heavy atom. The first-order valence-electron chi connectivity index (χ1n) is 8.94. The van der Waals surface area contributed by atoms with E-state index in [1.165, 1.54) is 10.9 Å². The van der Waals surface area contributed by atoms with Crippen LogP contribution in [0.4, 0.5) is 0 Å². The molecule has 1 heterocycles. The van der Waals surface area contributed by atoms with Crippen LogP contribution < -0.4 is 15.2 Å². The number of fused-ring (bicyclic) bond motifs is 1. The van der Waals surface area contributed by atoms with E-state index in [0.717, 1.165) is 29.0 Å². The molecule has 0 amide bonds. The monoisotopic (exact) mass is 338 g/mol. The van der Waals surface area contributed by atoms with Crippen LogP contribution in [0, 0.1) is 0 Å². The van der Waals surface area contributed by atoms with E-state index >= 15 is 0 Å². The maximum absolute atomic E-state index is 6.14. The second-order valence-corrected chi connectivity index (χ2v) is 6.07.